The molecule has 2 heterocycles. The van der Waals surface area contributed by atoms with Gasteiger partial charge >= 0.3 is 0 Å². The van der Waals surface area contributed by atoms with Gasteiger partial charge in [0.25, 0.3) is 0 Å². The van der Waals surface area contributed by atoms with Crippen LogP contribution in [0.3, 0.4) is 0 Å². The molecular weight excluding hydrogens is 286 g/mol. The molecule has 1 atom stereocenters. The van der Waals surface area contributed by atoms with E-state index in [0.717, 1.165) is 25.9 Å². The van der Waals surface area contributed by atoms with Crippen LogP contribution in [0.25, 0.3) is 10.9 Å². The molecule has 1 aromatic carbocycles. The molecule has 0 spiro atoms. The van der Waals surface area contributed by atoms with Gasteiger partial charge in [-0.3, -0.25) is 4.98 Å². The molecule has 21 heavy (non-hydrogen) atoms. The van der Waals surface area contributed by atoms with E-state index < -0.39 is 10.0 Å². The molecule has 0 amide bonds. The lowest BCUT2D eigenvalue weighted by molar-refractivity contribution is 0.376. The van der Waals surface area contributed by atoms with Crippen molar-refractivity contribution in [2.75, 3.05) is 19.6 Å². The summed E-state index contributed by atoms with van der Waals surface area (Å²) in [6.45, 7) is 2.38. The maximum Gasteiger partial charge on any atom is 0.241 e. The van der Waals surface area contributed by atoms with E-state index >= 15 is 0 Å². The number of piperidine rings is 1. The molecule has 1 aliphatic heterocycles. The highest BCUT2D eigenvalue weighted by atomic mass is 32.2. The monoisotopic (exact) mass is 305 g/mol. The fourth-order valence-electron chi connectivity index (χ4n) is 2.71. The van der Waals surface area contributed by atoms with Gasteiger partial charge in [0.1, 0.15) is 0 Å². The molecule has 2 N–H and O–H groups in total. The Morgan fingerprint density at radius 2 is 2.19 bits per heavy atom. The van der Waals surface area contributed by atoms with Gasteiger partial charge in [-0.1, -0.05) is 6.07 Å². The maximum absolute atomic E-state index is 12.5. The van der Waals surface area contributed by atoms with E-state index in [-0.39, 0.29) is 0 Å². The topological polar surface area (TPSA) is 71.1 Å². The quantitative estimate of drug-likeness (QED) is 0.898. The average molecular weight is 305 g/mol. The van der Waals surface area contributed by atoms with Gasteiger partial charge in [-0.15, -0.1) is 0 Å². The van der Waals surface area contributed by atoms with E-state index in [2.05, 4.69) is 15.0 Å². The second-order valence-electron chi connectivity index (χ2n) is 5.39. The van der Waals surface area contributed by atoms with Crippen LogP contribution < -0.4 is 10.0 Å². The fourth-order valence-corrected chi connectivity index (χ4v) is 4.04. The second kappa shape index (κ2) is 6.09. The van der Waals surface area contributed by atoms with Crippen LogP contribution in [0.4, 0.5) is 0 Å². The third kappa shape index (κ3) is 3.23. The molecule has 6 heteroatoms. The smallest absolute Gasteiger partial charge is 0.241 e. The van der Waals surface area contributed by atoms with Crippen LogP contribution >= 0.6 is 0 Å². The highest BCUT2D eigenvalue weighted by molar-refractivity contribution is 7.89. The van der Waals surface area contributed by atoms with Crippen LogP contribution in [0.2, 0.25) is 0 Å². The molecule has 1 saturated heterocycles. The van der Waals surface area contributed by atoms with Gasteiger partial charge in [0.2, 0.25) is 10.0 Å². The van der Waals surface area contributed by atoms with Gasteiger partial charge in [-0.2, -0.15) is 0 Å². The van der Waals surface area contributed by atoms with Gasteiger partial charge in [-0.25, -0.2) is 13.1 Å². The number of sulfonamides is 1. The summed E-state index contributed by atoms with van der Waals surface area (Å²) in [5, 5.41) is 3.96. The molecular formula is C15H19N3O2S. The SMILES string of the molecule is O=S(=O)(NCC1CCCNC1)c1cccc2ncccc12. The first-order valence-electron chi connectivity index (χ1n) is 7.21. The first-order chi connectivity index (χ1) is 10.2. The third-order valence-electron chi connectivity index (χ3n) is 3.86. The van der Waals surface area contributed by atoms with Crippen molar-refractivity contribution in [2.24, 2.45) is 5.92 Å². The number of pyridine rings is 1. The summed E-state index contributed by atoms with van der Waals surface area (Å²) in [5.41, 5.74) is 0.694. The first-order valence-corrected chi connectivity index (χ1v) is 8.69. The Balaban J connectivity index is 1.83. The van der Waals surface area contributed by atoms with Crippen molar-refractivity contribution in [3.8, 4) is 0 Å². The fraction of sp³-hybridized carbons (Fsp3) is 0.400. The summed E-state index contributed by atoms with van der Waals surface area (Å²) in [5.74, 6) is 0.363. The van der Waals surface area contributed by atoms with E-state index in [0.29, 0.717) is 28.3 Å². The number of hydrogen-bond donors (Lipinski definition) is 2. The van der Waals surface area contributed by atoms with E-state index in [9.17, 15) is 8.42 Å². The van der Waals surface area contributed by atoms with E-state index in [1.165, 1.54) is 0 Å². The lowest BCUT2D eigenvalue weighted by Crippen LogP contribution is -2.38. The number of hydrogen-bond acceptors (Lipinski definition) is 4. The van der Waals surface area contributed by atoms with Crippen molar-refractivity contribution >= 4 is 20.9 Å². The number of nitrogens with one attached hydrogen (secondary N) is 2. The zero-order chi connectivity index (χ0) is 14.7. The Labute approximate surface area is 124 Å². The van der Waals surface area contributed by atoms with E-state index in [1.807, 2.05) is 6.07 Å². The van der Waals surface area contributed by atoms with Gasteiger partial charge < -0.3 is 5.32 Å². The molecule has 5 nitrogen and oxygen atoms in total. The van der Waals surface area contributed by atoms with Crippen molar-refractivity contribution < 1.29 is 8.42 Å². The van der Waals surface area contributed by atoms with Crippen molar-refractivity contribution in [1.82, 2.24) is 15.0 Å². The van der Waals surface area contributed by atoms with Crippen molar-refractivity contribution in [3.05, 3.63) is 36.5 Å². The largest absolute Gasteiger partial charge is 0.316 e. The van der Waals surface area contributed by atoms with E-state index in [1.54, 1.807) is 30.5 Å². The highest BCUT2D eigenvalue weighted by Gasteiger charge is 2.20. The van der Waals surface area contributed by atoms with Gasteiger partial charge in [0.15, 0.2) is 0 Å². The lowest BCUT2D eigenvalue weighted by Gasteiger charge is -2.23. The summed E-state index contributed by atoms with van der Waals surface area (Å²) in [7, 11) is -3.50. The lowest BCUT2D eigenvalue weighted by atomic mass is 10.0. The minimum atomic E-state index is -3.50. The summed E-state index contributed by atoms with van der Waals surface area (Å²) < 4.78 is 27.8. The Morgan fingerprint density at radius 1 is 1.29 bits per heavy atom. The molecule has 1 fully saturated rings. The molecule has 1 aliphatic rings. The Morgan fingerprint density at radius 3 is 3.00 bits per heavy atom. The van der Waals surface area contributed by atoms with Crippen LogP contribution in [-0.2, 0) is 10.0 Å². The molecule has 3 rings (SSSR count). The highest BCUT2D eigenvalue weighted by Crippen LogP contribution is 2.21. The predicted octanol–water partition coefficient (Wildman–Crippen LogP) is 1.51. The summed E-state index contributed by atoms with van der Waals surface area (Å²) >= 11 is 0. The van der Waals surface area contributed by atoms with Crippen molar-refractivity contribution in [2.45, 2.75) is 17.7 Å². The minimum absolute atomic E-state index is 0.303. The van der Waals surface area contributed by atoms with Gasteiger partial charge in [-0.05, 0) is 56.1 Å². The number of benzene rings is 1. The van der Waals surface area contributed by atoms with Crippen LogP contribution in [0.1, 0.15) is 12.8 Å². The number of aromatic nitrogens is 1. The zero-order valence-corrected chi connectivity index (χ0v) is 12.6. The third-order valence-corrected chi connectivity index (χ3v) is 5.34. The predicted molar refractivity (Wildman–Crippen MR) is 82.5 cm³/mol. The van der Waals surface area contributed by atoms with Crippen LogP contribution in [-0.4, -0.2) is 33.0 Å². The molecule has 0 saturated carbocycles. The average Bonchev–Trinajstić information content (AvgIpc) is 2.53. The number of fused-ring (bicyclic) bond motifs is 1. The first kappa shape index (κ1) is 14.4. The molecule has 0 radical (unpaired) electrons. The van der Waals surface area contributed by atoms with Crippen LogP contribution in [0, 0.1) is 5.92 Å². The summed E-state index contributed by atoms with van der Waals surface area (Å²) in [6, 6.07) is 8.72. The van der Waals surface area contributed by atoms with Gasteiger partial charge in [0, 0.05) is 18.1 Å². The zero-order valence-electron chi connectivity index (χ0n) is 11.7. The summed E-state index contributed by atoms with van der Waals surface area (Å²) in [6.07, 6.45) is 3.83. The van der Waals surface area contributed by atoms with Crippen LogP contribution in [0.15, 0.2) is 41.4 Å². The maximum atomic E-state index is 12.5. The van der Waals surface area contributed by atoms with Crippen molar-refractivity contribution in [3.63, 3.8) is 0 Å². The molecule has 0 aliphatic carbocycles. The Bertz CT molecular complexity index is 719. The normalized spacial score (nSPS) is 19.7. The second-order valence-corrected chi connectivity index (χ2v) is 7.13. The number of nitrogens with zero attached hydrogens (tertiary/aromatic N) is 1. The van der Waals surface area contributed by atoms with Crippen LogP contribution in [0.5, 0.6) is 0 Å². The summed E-state index contributed by atoms with van der Waals surface area (Å²) in [4.78, 5) is 4.51. The Hall–Kier alpha value is -1.50. The standard InChI is InChI=1S/C15H19N3O2S/c19-21(20,18-11-12-4-2-8-16-10-12)15-7-1-6-14-13(15)5-3-9-17-14/h1,3,5-7,9,12,16,18H,2,4,8,10-11H2. The van der Waals surface area contributed by atoms with Gasteiger partial charge in [0.05, 0.1) is 10.4 Å². The minimum Gasteiger partial charge on any atom is -0.316 e. The Kier molecular flexibility index (Phi) is 4.19. The van der Waals surface area contributed by atoms with Crippen molar-refractivity contribution in [1.29, 1.82) is 0 Å². The molecule has 112 valence electrons. The molecule has 1 aromatic heterocycles. The molecule has 0 bridgehead atoms. The molecule has 1 unspecified atom stereocenters. The van der Waals surface area contributed by atoms with E-state index in [4.69, 9.17) is 0 Å². The number of rotatable bonds is 4. The molecule has 2 aromatic rings.